The van der Waals surface area contributed by atoms with E-state index < -0.39 is 0 Å². The Hall–Kier alpha value is -2.89. The molecule has 1 unspecified atom stereocenters. The molecule has 128 valence electrons. The number of piperidine rings is 1. The predicted molar refractivity (Wildman–Crippen MR) is 93.6 cm³/mol. The Morgan fingerprint density at radius 1 is 1.20 bits per heavy atom. The average Bonchev–Trinajstić information content (AvgIpc) is 3.16. The fraction of sp³-hybridized carbons (Fsp3) is 0.316. The van der Waals surface area contributed by atoms with E-state index in [-0.39, 0.29) is 5.91 Å². The number of likely N-dealkylation sites (tertiary alicyclic amines) is 1. The van der Waals surface area contributed by atoms with Gasteiger partial charge in [-0.2, -0.15) is 0 Å². The van der Waals surface area contributed by atoms with Gasteiger partial charge in [0, 0.05) is 25.2 Å². The van der Waals surface area contributed by atoms with Crippen LogP contribution in [0.25, 0.3) is 5.52 Å². The topological polar surface area (TPSA) is 59.7 Å². The van der Waals surface area contributed by atoms with Crippen molar-refractivity contribution in [3.63, 3.8) is 0 Å². The molecule has 2 aromatic heterocycles. The molecule has 0 radical (unpaired) electrons. The number of aromatic nitrogens is 3. The smallest absolute Gasteiger partial charge is 0.256 e. The van der Waals surface area contributed by atoms with Gasteiger partial charge < -0.3 is 9.64 Å². The normalized spacial score (nSPS) is 17.6. The molecule has 0 saturated carbocycles. The minimum atomic E-state index is 0.0392. The summed E-state index contributed by atoms with van der Waals surface area (Å²) in [4.78, 5) is 14.9. The van der Waals surface area contributed by atoms with Crippen LogP contribution in [0.5, 0.6) is 5.75 Å². The SMILES string of the molecule is O=C(c1cccn2nncc12)N1CCCC(COc2ccccc2)C1. The summed E-state index contributed by atoms with van der Waals surface area (Å²) in [7, 11) is 0. The van der Waals surface area contributed by atoms with Gasteiger partial charge in [-0.15, -0.1) is 5.10 Å². The number of hydrogen-bond donors (Lipinski definition) is 0. The molecule has 1 aliphatic heterocycles. The maximum atomic E-state index is 12.9. The zero-order chi connectivity index (χ0) is 17.1. The maximum absolute atomic E-state index is 12.9. The standard InChI is InChI=1S/C19H20N4O2/c24-19(17-9-5-11-23-18(17)12-20-21-23)22-10-4-6-15(13-22)14-25-16-7-2-1-3-8-16/h1-3,5,7-9,11-12,15H,4,6,10,13-14H2. The highest BCUT2D eigenvalue weighted by Gasteiger charge is 2.26. The van der Waals surface area contributed by atoms with Crippen LogP contribution in [0.1, 0.15) is 23.2 Å². The molecule has 1 aliphatic rings. The van der Waals surface area contributed by atoms with E-state index in [4.69, 9.17) is 4.74 Å². The van der Waals surface area contributed by atoms with E-state index in [1.54, 1.807) is 16.9 Å². The number of fused-ring (bicyclic) bond motifs is 1. The number of carbonyl (C=O) groups excluding carboxylic acids is 1. The summed E-state index contributed by atoms with van der Waals surface area (Å²) in [6.45, 7) is 2.13. The molecule has 0 N–H and O–H groups in total. The quantitative estimate of drug-likeness (QED) is 0.735. The number of nitrogens with zero attached hydrogens (tertiary/aromatic N) is 4. The van der Waals surface area contributed by atoms with Gasteiger partial charge in [0.05, 0.1) is 23.9 Å². The fourth-order valence-electron chi connectivity index (χ4n) is 3.32. The van der Waals surface area contributed by atoms with Gasteiger partial charge in [-0.05, 0) is 37.1 Å². The van der Waals surface area contributed by atoms with Gasteiger partial charge in [-0.3, -0.25) is 4.79 Å². The first kappa shape index (κ1) is 15.6. The molecule has 1 atom stereocenters. The third-order valence-corrected chi connectivity index (χ3v) is 4.61. The van der Waals surface area contributed by atoms with Crippen LogP contribution in [0.2, 0.25) is 0 Å². The zero-order valence-corrected chi connectivity index (χ0v) is 13.9. The number of rotatable bonds is 4. The highest BCUT2D eigenvalue weighted by atomic mass is 16.5. The van der Waals surface area contributed by atoms with E-state index in [1.807, 2.05) is 47.4 Å². The van der Waals surface area contributed by atoms with Crippen LogP contribution in [0.4, 0.5) is 0 Å². The van der Waals surface area contributed by atoms with Crippen molar-refractivity contribution < 1.29 is 9.53 Å². The van der Waals surface area contributed by atoms with Crippen LogP contribution in [-0.2, 0) is 0 Å². The van der Waals surface area contributed by atoms with E-state index in [2.05, 4.69) is 10.3 Å². The summed E-state index contributed by atoms with van der Waals surface area (Å²) < 4.78 is 7.51. The van der Waals surface area contributed by atoms with E-state index in [9.17, 15) is 4.79 Å². The molecule has 0 spiro atoms. The van der Waals surface area contributed by atoms with Crippen molar-refractivity contribution in [2.45, 2.75) is 12.8 Å². The van der Waals surface area contributed by atoms with Crippen molar-refractivity contribution >= 4 is 11.4 Å². The molecule has 6 heteroatoms. The molecular formula is C19H20N4O2. The third kappa shape index (κ3) is 3.33. The van der Waals surface area contributed by atoms with E-state index in [0.717, 1.165) is 30.7 Å². The van der Waals surface area contributed by atoms with Crippen molar-refractivity contribution in [2.24, 2.45) is 5.92 Å². The van der Waals surface area contributed by atoms with Crippen molar-refractivity contribution in [3.05, 3.63) is 60.4 Å². The van der Waals surface area contributed by atoms with Gasteiger partial charge in [0.25, 0.3) is 5.91 Å². The van der Waals surface area contributed by atoms with Gasteiger partial charge in [0.15, 0.2) is 0 Å². The lowest BCUT2D eigenvalue weighted by atomic mass is 9.98. The molecule has 0 bridgehead atoms. The fourth-order valence-corrected chi connectivity index (χ4v) is 3.32. The Morgan fingerprint density at radius 3 is 2.96 bits per heavy atom. The lowest BCUT2D eigenvalue weighted by molar-refractivity contribution is 0.0635. The molecule has 0 aliphatic carbocycles. The summed E-state index contributed by atoms with van der Waals surface area (Å²) in [5, 5.41) is 7.85. The molecule has 1 fully saturated rings. The minimum Gasteiger partial charge on any atom is -0.493 e. The molecule has 1 aromatic carbocycles. The van der Waals surface area contributed by atoms with Crippen molar-refractivity contribution in [1.82, 2.24) is 19.7 Å². The number of pyridine rings is 1. The largest absolute Gasteiger partial charge is 0.493 e. The summed E-state index contributed by atoms with van der Waals surface area (Å²) in [5.74, 6) is 1.26. The van der Waals surface area contributed by atoms with Crippen LogP contribution in [-0.4, -0.2) is 45.3 Å². The third-order valence-electron chi connectivity index (χ3n) is 4.61. The molecule has 3 heterocycles. The van der Waals surface area contributed by atoms with Crippen LogP contribution < -0.4 is 4.74 Å². The maximum Gasteiger partial charge on any atom is 0.256 e. The van der Waals surface area contributed by atoms with Gasteiger partial charge in [-0.25, -0.2) is 4.52 Å². The molecular weight excluding hydrogens is 316 g/mol. The molecule has 1 amide bonds. The van der Waals surface area contributed by atoms with E-state index in [0.29, 0.717) is 24.6 Å². The number of hydrogen-bond acceptors (Lipinski definition) is 4. The average molecular weight is 336 g/mol. The van der Waals surface area contributed by atoms with Crippen LogP contribution in [0, 0.1) is 5.92 Å². The van der Waals surface area contributed by atoms with Gasteiger partial charge >= 0.3 is 0 Å². The van der Waals surface area contributed by atoms with Gasteiger partial charge in [0.2, 0.25) is 0 Å². The number of amides is 1. The molecule has 3 aromatic rings. The molecule has 6 nitrogen and oxygen atoms in total. The first-order valence-electron chi connectivity index (χ1n) is 8.57. The predicted octanol–water partition coefficient (Wildman–Crippen LogP) is 2.66. The van der Waals surface area contributed by atoms with Crippen molar-refractivity contribution in [3.8, 4) is 5.75 Å². The lowest BCUT2D eigenvalue weighted by Gasteiger charge is -2.32. The second-order valence-electron chi connectivity index (χ2n) is 6.37. The molecule has 25 heavy (non-hydrogen) atoms. The first-order chi connectivity index (χ1) is 12.3. The van der Waals surface area contributed by atoms with Gasteiger partial charge in [0.1, 0.15) is 5.75 Å². The second-order valence-corrected chi connectivity index (χ2v) is 6.37. The summed E-state index contributed by atoms with van der Waals surface area (Å²) >= 11 is 0. The Morgan fingerprint density at radius 2 is 2.08 bits per heavy atom. The summed E-state index contributed by atoms with van der Waals surface area (Å²) in [6, 6.07) is 13.5. The zero-order valence-electron chi connectivity index (χ0n) is 13.9. The Balaban J connectivity index is 1.44. The van der Waals surface area contributed by atoms with Crippen LogP contribution in [0.15, 0.2) is 54.9 Å². The Bertz CT molecular complexity index is 862. The van der Waals surface area contributed by atoms with Crippen molar-refractivity contribution in [1.29, 1.82) is 0 Å². The second kappa shape index (κ2) is 6.93. The minimum absolute atomic E-state index is 0.0392. The summed E-state index contributed by atoms with van der Waals surface area (Å²) in [5.41, 5.74) is 1.40. The molecule has 4 rings (SSSR count). The van der Waals surface area contributed by atoms with E-state index >= 15 is 0 Å². The Kier molecular flexibility index (Phi) is 4.33. The van der Waals surface area contributed by atoms with E-state index in [1.165, 1.54) is 0 Å². The van der Waals surface area contributed by atoms with Gasteiger partial charge in [-0.1, -0.05) is 23.4 Å². The van der Waals surface area contributed by atoms with Crippen LogP contribution >= 0.6 is 0 Å². The lowest BCUT2D eigenvalue weighted by Crippen LogP contribution is -2.41. The highest BCUT2D eigenvalue weighted by molar-refractivity contribution is 6.00. The number of ether oxygens (including phenoxy) is 1. The number of benzene rings is 1. The number of para-hydroxylation sites is 1. The first-order valence-corrected chi connectivity index (χ1v) is 8.57. The molecule has 1 saturated heterocycles. The summed E-state index contributed by atoms with van der Waals surface area (Å²) in [6.07, 6.45) is 5.50. The monoisotopic (exact) mass is 336 g/mol. The highest BCUT2D eigenvalue weighted by Crippen LogP contribution is 2.21. The number of carbonyl (C=O) groups is 1. The Labute approximate surface area is 146 Å². The van der Waals surface area contributed by atoms with Crippen molar-refractivity contribution in [2.75, 3.05) is 19.7 Å². The van der Waals surface area contributed by atoms with Crippen LogP contribution in [0.3, 0.4) is 0 Å².